The highest BCUT2D eigenvalue weighted by atomic mass is 35.5. The summed E-state index contributed by atoms with van der Waals surface area (Å²) < 4.78 is 5.21. The second-order valence-corrected chi connectivity index (χ2v) is 4.26. The topological polar surface area (TPSA) is 33.3 Å². The molecule has 0 unspecified atom stereocenters. The molecule has 3 nitrogen and oxygen atoms in total. The molecule has 5 heteroatoms. The van der Waals surface area contributed by atoms with Gasteiger partial charge in [-0.3, -0.25) is 0 Å². The molecule has 1 aromatic carbocycles. The Labute approximate surface area is 121 Å². The molecule has 104 valence electrons. The maximum absolute atomic E-state index is 5.21. The lowest BCUT2D eigenvalue weighted by atomic mass is 10.1. The molecule has 0 amide bonds. The van der Waals surface area contributed by atoms with Crippen molar-refractivity contribution in [2.24, 2.45) is 0 Å². The van der Waals surface area contributed by atoms with Crippen LogP contribution in [0.5, 0.6) is 5.75 Å². The first-order chi connectivity index (χ1) is 7.88. The molecule has 0 spiro atoms. The highest BCUT2D eigenvalue weighted by Gasteiger charge is 2.11. The number of rotatable bonds is 4. The Bertz CT molecular complexity index is 331. The van der Waals surface area contributed by atoms with Crippen LogP contribution in [-0.2, 0) is 6.54 Å². The van der Waals surface area contributed by atoms with Gasteiger partial charge in [0.2, 0.25) is 0 Å². The van der Waals surface area contributed by atoms with Gasteiger partial charge in [-0.15, -0.1) is 24.8 Å². The van der Waals surface area contributed by atoms with Crippen LogP contribution in [0.1, 0.15) is 18.4 Å². The Balaban J connectivity index is 0.00000144. The van der Waals surface area contributed by atoms with Crippen LogP contribution >= 0.6 is 24.8 Å². The quantitative estimate of drug-likeness (QED) is 0.894. The van der Waals surface area contributed by atoms with Crippen molar-refractivity contribution < 1.29 is 4.74 Å². The van der Waals surface area contributed by atoms with Crippen LogP contribution in [0, 0.1) is 0 Å². The molecule has 1 aliphatic heterocycles. The zero-order valence-corrected chi connectivity index (χ0v) is 12.3. The summed E-state index contributed by atoms with van der Waals surface area (Å²) in [6.45, 7) is 3.20. The van der Waals surface area contributed by atoms with Crippen molar-refractivity contribution in [1.29, 1.82) is 0 Å². The van der Waals surface area contributed by atoms with Crippen molar-refractivity contribution in [3.05, 3.63) is 29.8 Å². The fourth-order valence-corrected chi connectivity index (χ4v) is 2.07. The average Bonchev–Trinajstić information content (AvgIpc) is 2.38. The highest BCUT2D eigenvalue weighted by molar-refractivity contribution is 5.85. The molecule has 0 bridgehead atoms. The Morgan fingerprint density at radius 1 is 1.28 bits per heavy atom. The van der Waals surface area contributed by atoms with Crippen molar-refractivity contribution in [2.75, 3.05) is 20.2 Å². The van der Waals surface area contributed by atoms with Crippen molar-refractivity contribution in [1.82, 2.24) is 10.6 Å². The van der Waals surface area contributed by atoms with Crippen LogP contribution in [0.2, 0.25) is 0 Å². The number of halogens is 2. The monoisotopic (exact) mass is 292 g/mol. The zero-order valence-electron chi connectivity index (χ0n) is 10.6. The molecule has 1 fully saturated rings. The normalized spacial score (nSPS) is 15.4. The maximum atomic E-state index is 5.21. The molecule has 0 atom stereocenters. The Kier molecular flexibility index (Phi) is 9.20. The summed E-state index contributed by atoms with van der Waals surface area (Å²) in [5.41, 5.74) is 1.29. The highest BCUT2D eigenvalue weighted by Crippen LogP contribution is 2.13. The van der Waals surface area contributed by atoms with Crippen LogP contribution in [0.15, 0.2) is 24.3 Å². The number of nitrogens with one attached hydrogen (secondary N) is 2. The molecule has 1 heterocycles. The molecule has 0 aromatic heterocycles. The Morgan fingerprint density at radius 3 is 2.67 bits per heavy atom. The van der Waals surface area contributed by atoms with E-state index in [1.165, 1.54) is 18.4 Å². The molecular weight excluding hydrogens is 271 g/mol. The number of benzene rings is 1. The third-order valence-corrected chi connectivity index (χ3v) is 3.07. The standard InChI is InChI=1S/C13H20N2O.2ClH/c1-16-13-4-2-3-11(9-13)10-15-12-5-7-14-8-6-12;;/h2-4,9,12,14-15H,5-8,10H2,1H3;2*1H. The van der Waals surface area contributed by atoms with E-state index in [2.05, 4.69) is 22.8 Å². The van der Waals surface area contributed by atoms with Crippen molar-refractivity contribution in [3.8, 4) is 5.75 Å². The molecular formula is C13H22Cl2N2O. The van der Waals surface area contributed by atoms with Gasteiger partial charge in [0, 0.05) is 12.6 Å². The van der Waals surface area contributed by atoms with E-state index in [9.17, 15) is 0 Å². The van der Waals surface area contributed by atoms with E-state index in [0.29, 0.717) is 6.04 Å². The number of methoxy groups -OCH3 is 1. The third-order valence-electron chi connectivity index (χ3n) is 3.07. The summed E-state index contributed by atoms with van der Waals surface area (Å²) in [7, 11) is 1.71. The third kappa shape index (κ3) is 5.44. The lowest BCUT2D eigenvalue weighted by Gasteiger charge is -2.23. The fraction of sp³-hybridized carbons (Fsp3) is 0.538. The summed E-state index contributed by atoms with van der Waals surface area (Å²) in [6, 6.07) is 8.91. The van der Waals surface area contributed by atoms with Gasteiger partial charge < -0.3 is 15.4 Å². The van der Waals surface area contributed by atoms with Crippen LogP contribution in [0.25, 0.3) is 0 Å². The largest absolute Gasteiger partial charge is 0.497 e. The SMILES string of the molecule is COc1cccc(CNC2CCNCC2)c1.Cl.Cl. The summed E-state index contributed by atoms with van der Waals surface area (Å²) in [5.74, 6) is 0.935. The van der Waals surface area contributed by atoms with E-state index in [1.54, 1.807) is 7.11 Å². The van der Waals surface area contributed by atoms with Gasteiger partial charge in [0.25, 0.3) is 0 Å². The van der Waals surface area contributed by atoms with Gasteiger partial charge in [0.05, 0.1) is 7.11 Å². The van der Waals surface area contributed by atoms with Gasteiger partial charge in [0.1, 0.15) is 5.75 Å². The molecule has 2 N–H and O–H groups in total. The minimum absolute atomic E-state index is 0. The molecule has 2 rings (SSSR count). The van der Waals surface area contributed by atoms with E-state index < -0.39 is 0 Å². The van der Waals surface area contributed by atoms with Gasteiger partial charge in [-0.2, -0.15) is 0 Å². The van der Waals surface area contributed by atoms with Crippen LogP contribution < -0.4 is 15.4 Å². The first kappa shape index (κ1) is 17.5. The summed E-state index contributed by atoms with van der Waals surface area (Å²) in [6.07, 6.45) is 2.45. The van der Waals surface area contributed by atoms with Crippen LogP contribution in [0.4, 0.5) is 0 Å². The minimum atomic E-state index is 0. The van der Waals surface area contributed by atoms with Crippen molar-refractivity contribution in [3.63, 3.8) is 0 Å². The number of hydrogen-bond acceptors (Lipinski definition) is 3. The number of ether oxygens (including phenoxy) is 1. The molecule has 1 aromatic rings. The molecule has 0 radical (unpaired) electrons. The minimum Gasteiger partial charge on any atom is -0.497 e. The lowest BCUT2D eigenvalue weighted by Crippen LogP contribution is -2.39. The molecule has 1 saturated heterocycles. The van der Waals surface area contributed by atoms with Gasteiger partial charge in [-0.1, -0.05) is 12.1 Å². The Morgan fingerprint density at radius 2 is 2.00 bits per heavy atom. The van der Waals surface area contributed by atoms with E-state index in [-0.39, 0.29) is 24.8 Å². The molecule has 1 aliphatic rings. The Hall–Kier alpha value is -0.480. The fourth-order valence-electron chi connectivity index (χ4n) is 2.07. The number of hydrogen-bond donors (Lipinski definition) is 2. The summed E-state index contributed by atoms with van der Waals surface area (Å²) >= 11 is 0. The van der Waals surface area contributed by atoms with Gasteiger partial charge in [0.15, 0.2) is 0 Å². The second-order valence-electron chi connectivity index (χ2n) is 4.26. The smallest absolute Gasteiger partial charge is 0.119 e. The van der Waals surface area contributed by atoms with Gasteiger partial charge >= 0.3 is 0 Å². The predicted octanol–water partition coefficient (Wildman–Crippen LogP) is 2.38. The zero-order chi connectivity index (χ0) is 11.2. The molecule has 18 heavy (non-hydrogen) atoms. The summed E-state index contributed by atoms with van der Waals surface area (Å²) in [4.78, 5) is 0. The van der Waals surface area contributed by atoms with E-state index in [0.717, 1.165) is 25.4 Å². The van der Waals surface area contributed by atoms with Crippen molar-refractivity contribution >= 4 is 24.8 Å². The van der Waals surface area contributed by atoms with Crippen LogP contribution in [-0.4, -0.2) is 26.2 Å². The van der Waals surface area contributed by atoms with Gasteiger partial charge in [-0.05, 0) is 43.6 Å². The maximum Gasteiger partial charge on any atom is 0.119 e. The van der Waals surface area contributed by atoms with E-state index >= 15 is 0 Å². The number of piperidine rings is 1. The van der Waals surface area contributed by atoms with E-state index in [4.69, 9.17) is 4.74 Å². The molecule has 0 saturated carbocycles. The van der Waals surface area contributed by atoms with Gasteiger partial charge in [-0.25, -0.2) is 0 Å². The summed E-state index contributed by atoms with van der Waals surface area (Å²) in [5, 5.41) is 6.96. The molecule has 0 aliphatic carbocycles. The lowest BCUT2D eigenvalue weighted by molar-refractivity contribution is 0.385. The predicted molar refractivity (Wildman–Crippen MR) is 80.2 cm³/mol. The first-order valence-corrected chi connectivity index (χ1v) is 5.95. The van der Waals surface area contributed by atoms with Crippen molar-refractivity contribution in [2.45, 2.75) is 25.4 Å². The second kappa shape index (κ2) is 9.45. The van der Waals surface area contributed by atoms with Crippen LogP contribution in [0.3, 0.4) is 0 Å². The average molecular weight is 293 g/mol. The first-order valence-electron chi connectivity index (χ1n) is 5.95. The van der Waals surface area contributed by atoms with E-state index in [1.807, 2.05) is 12.1 Å².